The van der Waals surface area contributed by atoms with E-state index in [0.29, 0.717) is 13.0 Å². The molecule has 0 aliphatic heterocycles. The first kappa shape index (κ1) is 17.2. The molecule has 1 atom stereocenters. The Balaban J connectivity index is 2.43. The molecule has 0 saturated carbocycles. The number of hydrogen-bond acceptors (Lipinski definition) is 3. The zero-order chi connectivity index (χ0) is 15.7. The third-order valence-corrected chi connectivity index (χ3v) is 2.93. The minimum Gasteiger partial charge on any atom is -0.491 e. The van der Waals surface area contributed by atoms with Crippen LogP contribution in [0.5, 0.6) is 5.75 Å². The number of carbonyl (C=O) groups is 1. The number of aliphatic hydroxyl groups excluding tert-OH is 1. The zero-order valence-electron chi connectivity index (χ0n) is 13.0. The largest absolute Gasteiger partial charge is 0.491 e. The van der Waals surface area contributed by atoms with Crippen molar-refractivity contribution in [2.24, 2.45) is 5.92 Å². The lowest BCUT2D eigenvalue weighted by Gasteiger charge is -2.10. The van der Waals surface area contributed by atoms with Crippen LogP contribution in [0.2, 0.25) is 0 Å². The summed E-state index contributed by atoms with van der Waals surface area (Å²) in [6.45, 7) is 6.68. The van der Waals surface area contributed by atoms with Crippen molar-refractivity contribution in [1.82, 2.24) is 5.32 Å². The van der Waals surface area contributed by atoms with Crippen molar-refractivity contribution in [3.63, 3.8) is 0 Å². The smallest absolute Gasteiger partial charge is 0.244 e. The number of rotatable bonds is 8. The van der Waals surface area contributed by atoms with Gasteiger partial charge >= 0.3 is 0 Å². The van der Waals surface area contributed by atoms with Crippen LogP contribution >= 0.6 is 0 Å². The van der Waals surface area contributed by atoms with Crippen molar-refractivity contribution in [1.29, 1.82) is 0 Å². The first-order valence-corrected chi connectivity index (χ1v) is 7.34. The van der Waals surface area contributed by atoms with Crippen LogP contribution in [0.15, 0.2) is 30.3 Å². The number of benzene rings is 1. The van der Waals surface area contributed by atoms with E-state index < -0.39 is 0 Å². The van der Waals surface area contributed by atoms with Crippen LogP contribution in [0.4, 0.5) is 0 Å². The summed E-state index contributed by atoms with van der Waals surface area (Å²) in [6, 6.07) is 7.60. The molecule has 0 fully saturated rings. The highest BCUT2D eigenvalue weighted by molar-refractivity contribution is 5.91. The summed E-state index contributed by atoms with van der Waals surface area (Å²) in [5.74, 6) is 0.978. The average Bonchev–Trinajstić information content (AvgIpc) is 2.44. The molecule has 1 rings (SSSR count). The maximum absolute atomic E-state index is 11.7. The normalized spacial score (nSPS) is 12.6. The van der Waals surface area contributed by atoms with Gasteiger partial charge < -0.3 is 15.2 Å². The highest BCUT2D eigenvalue weighted by Gasteiger charge is 2.02. The van der Waals surface area contributed by atoms with Crippen LogP contribution in [0.3, 0.4) is 0 Å². The fraction of sp³-hybridized carbons (Fsp3) is 0.471. The van der Waals surface area contributed by atoms with Crippen LogP contribution in [-0.2, 0) is 4.79 Å². The molecule has 0 aliphatic carbocycles. The second-order valence-electron chi connectivity index (χ2n) is 5.43. The molecule has 0 spiro atoms. The Kier molecular flexibility index (Phi) is 7.54. The highest BCUT2D eigenvalue weighted by atomic mass is 16.5. The fourth-order valence-electron chi connectivity index (χ4n) is 1.76. The SMILES string of the molecule is CC(CCO)CNC(=O)/C=C/c1ccc(OC(C)C)cc1. The van der Waals surface area contributed by atoms with E-state index in [9.17, 15) is 4.79 Å². The Morgan fingerprint density at radius 2 is 1.95 bits per heavy atom. The number of carbonyl (C=O) groups excluding carboxylic acids is 1. The molecule has 4 nitrogen and oxygen atoms in total. The van der Waals surface area contributed by atoms with Gasteiger partial charge in [0.2, 0.25) is 5.91 Å². The Labute approximate surface area is 126 Å². The maximum atomic E-state index is 11.7. The van der Waals surface area contributed by atoms with Crippen LogP contribution in [0.1, 0.15) is 32.8 Å². The van der Waals surface area contributed by atoms with Gasteiger partial charge in [-0.05, 0) is 50.0 Å². The molecule has 1 unspecified atom stereocenters. The van der Waals surface area contributed by atoms with E-state index in [4.69, 9.17) is 9.84 Å². The van der Waals surface area contributed by atoms with Crippen LogP contribution in [0.25, 0.3) is 6.08 Å². The zero-order valence-corrected chi connectivity index (χ0v) is 13.0. The van der Waals surface area contributed by atoms with Gasteiger partial charge in [0.1, 0.15) is 5.75 Å². The molecule has 0 heterocycles. The first-order chi connectivity index (χ1) is 10.0. The van der Waals surface area contributed by atoms with Crippen molar-refractivity contribution in [2.75, 3.05) is 13.2 Å². The molecule has 21 heavy (non-hydrogen) atoms. The van der Waals surface area contributed by atoms with Gasteiger partial charge in [0.25, 0.3) is 0 Å². The lowest BCUT2D eigenvalue weighted by atomic mass is 10.1. The Morgan fingerprint density at radius 3 is 2.52 bits per heavy atom. The number of nitrogens with one attached hydrogen (secondary N) is 1. The molecule has 0 saturated heterocycles. The van der Waals surface area contributed by atoms with Crippen LogP contribution < -0.4 is 10.1 Å². The van der Waals surface area contributed by atoms with E-state index in [1.54, 1.807) is 6.08 Å². The van der Waals surface area contributed by atoms with Gasteiger partial charge in [0.05, 0.1) is 6.10 Å². The van der Waals surface area contributed by atoms with E-state index >= 15 is 0 Å². The molecule has 2 N–H and O–H groups in total. The van der Waals surface area contributed by atoms with Gasteiger partial charge in [0, 0.05) is 19.2 Å². The van der Waals surface area contributed by atoms with Gasteiger partial charge in [-0.3, -0.25) is 4.79 Å². The van der Waals surface area contributed by atoms with Crippen molar-refractivity contribution >= 4 is 12.0 Å². The molecule has 116 valence electrons. The molecule has 1 aromatic carbocycles. The van der Waals surface area contributed by atoms with Crippen LogP contribution in [0, 0.1) is 5.92 Å². The average molecular weight is 291 g/mol. The summed E-state index contributed by atoms with van der Waals surface area (Å²) in [7, 11) is 0. The molecular weight excluding hydrogens is 266 g/mol. The third kappa shape index (κ3) is 7.51. The molecule has 1 aromatic rings. The van der Waals surface area contributed by atoms with E-state index in [2.05, 4.69) is 5.32 Å². The Morgan fingerprint density at radius 1 is 1.29 bits per heavy atom. The fourth-order valence-corrected chi connectivity index (χ4v) is 1.76. The topological polar surface area (TPSA) is 58.6 Å². The molecule has 1 amide bonds. The van der Waals surface area contributed by atoms with Gasteiger partial charge in [-0.1, -0.05) is 19.1 Å². The monoisotopic (exact) mass is 291 g/mol. The van der Waals surface area contributed by atoms with Crippen molar-refractivity contribution in [3.05, 3.63) is 35.9 Å². The van der Waals surface area contributed by atoms with E-state index in [1.165, 1.54) is 6.08 Å². The van der Waals surface area contributed by atoms with Gasteiger partial charge in [-0.2, -0.15) is 0 Å². The minimum atomic E-state index is -0.123. The van der Waals surface area contributed by atoms with Crippen LogP contribution in [-0.4, -0.2) is 30.3 Å². The number of aliphatic hydroxyl groups is 1. The lowest BCUT2D eigenvalue weighted by molar-refractivity contribution is -0.116. The predicted molar refractivity (Wildman–Crippen MR) is 85.1 cm³/mol. The summed E-state index contributed by atoms with van der Waals surface area (Å²) >= 11 is 0. The minimum absolute atomic E-state index is 0.123. The van der Waals surface area contributed by atoms with E-state index in [0.717, 1.165) is 11.3 Å². The van der Waals surface area contributed by atoms with Crippen molar-refractivity contribution < 1.29 is 14.6 Å². The summed E-state index contributed by atoms with van der Waals surface area (Å²) in [5.41, 5.74) is 0.949. The summed E-state index contributed by atoms with van der Waals surface area (Å²) in [4.78, 5) is 11.7. The van der Waals surface area contributed by atoms with E-state index in [1.807, 2.05) is 45.0 Å². The van der Waals surface area contributed by atoms with Gasteiger partial charge in [0.15, 0.2) is 0 Å². The number of amides is 1. The summed E-state index contributed by atoms with van der Waals surface area (Å²) in [6.07, 6.45) is 4.13. The summed E-state index contributed by atoms with van der Waals surface area (Å²) < 4.78 is 5.56. The Hall–Kier alpha value is -1.81. The highest BCUT2D eigenvalue weighted by Crippen LogP contribution is 2.14. The van der Waals surface area contributed by atoms with Crippen molar-refractivity contribution in [3.8, 4) is 5.75 Å². The van der Waals surface area contributed by atoms with Gasteiger partial charge in [-0.25, -0.2) is 0 Å². The summed E-state index contributed by atoms with van der Waals surface area (Å²) in [5, 5.41) is 11.6. The maximum Gasteiger partial charge on any atom is 0.244 e. The van der Waals surface area contributed by atoms with Crippen molar-refractivity contribution in [2.45, 2.75) is 33.3 Å². The quantitative estimate of drug-likeness (QED) is 0.724. The second-order valence-corrected chi connectivity index (χ2v) is 5.43. The third-order valence-electron chi connectivity index (χ3n) is 2.93. The standard InChI is InChI=1S/C17H25NO3/c1-13(2)21-16-7-4-15(5-8-16)6-9-17(20)18-12-14(3)10-11-19/h4-9,13-14,19H,10-12H2,1-3H3,(H,18,20)/b9-6+. The van der Waals surface area contributed by atoms with Gasteiger partial charge in [-0.15, -0.1) is 0 Å². The first-order valence-electron chi connectivity index (χ1n) is 7.34. The molecule has 0 bridgehead atoms. The molecule has 4 heteroatoms. The molecular formula is C17H25NO3. The predicted octanol–water partition coefficient (Wildman–Crippen LogP) is 2.62. The Bertz CT molecular complexity index is 452. The number of ether oxygens (including phenoxy) is 1. The molecule has 0 aromatic heterocycles. The second kappa shape index (κ2) is 9.19. The number of hydrogen-bond donors (Lipinski definition) is 2. The molecule has 0 aliphatic rings. The van der Waals surface area contributed by atoms with E-state index in [-0.39, 0.29) is 24.5 Å². The lowest BCUT2D eigenvalue weighted by Crippen LogP contribution is -2.26. The molecule has 0 radical (unpaired) electrons.